The van der Waals surface area contributed by atoms with E-state index in [4.69, 9.17) is 19.2 Å². The zero-order valence-corrected chi connectivity index (χ0v) is 22.9. The molecule has 0 spiro atoms. The third kappa shape index (κ3) is 4.75. The van der Waals surface area contributed by atoms with Crippen LogP contribution in [0.5, 0.6) is 11.6 Å². The largest absolute Gasteiger partial charge is 0.495 e. The number of aromatic nitrogens is 4. The lowest BCUT2D eigenvalue weighted by Crippen LogP contribution is -2.54. The molecule has 0 aliphatic carbocycles. The quantitative estimate of drug-likeness (QED) is 0.361. The smallest absolute Gasteiger partial charge is 0.237 e. The molecule has 0 amide bonds. The van der Waals surface area contributed by atoms with Crippen molar-refractivity contribution in [2.45, 2.75) is 6.92 Å². The van der Waals surface area contributed by atoms with Gasteiger partial charge in [-0.15, -0.1) is 0 Å². The van der Waals surface area contributed by atoms with Crippen LogP contribution in [0.3, 0.4) is 0 Å². The van der Waals surface area contributed by atoms with E-state index in [2.05, 4.69) is 49.5 Å². The van der Waals surface area contributed by atoms with E-state index in [1.807, 2.05) is 28.9 Å². The molecule has 0 radical (unpaired) electrons. The molecule has 0 saturated carbocycles. The molecular weight excluding hydrogens is 508 g/mol. The first kappa shape index (κ1) is 24.9. The number of pyridine rings is 1. The number of nitrogens with one attached hydrogen (secondary N) is 2. The molecule has 3 aliphatic heterocycles. The minimum atomic E-state index is 0.306. The molecule has 4 aromatic rings. The van der Waals surface area contributed by atoms with E-state index in [0.29, 0.717) is 23.7 Å². The predicted octanol–water partition coefficient (Wildman–Crippen LogP) is 3.51. The van der Waals surface area contributed by atoms with Crippen LogP contribution in [0.15, 0.2) is 49.1 Å². The summed E-state index contributed by atoms with van der Waals surface area (Å²) in [6, 6.07) is 8.26. The van der Waals surface area contributed by atoms with Gasteiger partial charge in [0, 0.05) is 86.8 Å². The molecule has 6 heterocycles. The monoisotopic (exact) mass is 542 g/mol. The number of hydrogen-bond acceptors (Lipinski definition) is 10. The number of imidazole rings is 1. The van der Waals surface area contributed by atoms with Crippen LogP contribution in [-0.4, -0.2) is 90.5 Å². The van der Waals surface area contributed by atoms with Crippen LogP contribution in [0.4, 0.5) is 22.9 Å². The summed E-state index contributed by atoms with van der Waals surface area (Å²) in [4.78, 5) is 18.9. The first-order chi connectivity index (χ1) is 19.6. The van der Waals surface area contributed by atoms with E-state index in [9.17, 15) is 0 Å². The zero-order chi connectivity index (χ0) is 27.1. The van der Waals surface area contributed by atoms with Crippen molar-refractivity contribution in [3.05, 3.63) is 49.1 Å². The molecule has 0 unspecified atom stereocenters. The Labute approximate surface area is 233 Å². The Morgan fingerprint density at radius 1 is 1.12 bits per heavy atom. The number of nitrogens with zero attached hydrogens (tertiary/aromatic N) is 6. The van der Waals surface area contributed by atoms with E-state index >= 15 is 0 Å². The lowest BCUT2D eigenvalue weighted by atomic mass is 9.88. The molecule has 7 rings (SSSR count). The lowest BCUT2D eigenvalue weighted by molar-refractivity contribution is -0.115. The Balaban J connectivity index is 1.11. The van der Waals surface area contributed by atoms with Gasteiger partial charge < -0.3 is 34.1 Å². The van der Waals surface area contributed by atoms with Crippen LogP contribution in [0.1, 0.15) is 6.92 Å². The maximum Gasteiger partial charge on any atom is 0.237 e. The van der Waals surface area contributed by atoms with E-state index in [1.54, 1.807) is 19.5 Å². The van der Waals surface area contributed by atoms with Crippen LogP contribution in [0.2, 0.25) is 0 Å². The molecule has 40 heavy (non-hydrogen) atoms. The van der Waals surface area contributed by atoms with E-state index in [1.165, 1.54) is 0 Å². The van der Waals surface area contributed by atoms with Crippen LogP contribution in [0.25, 0.3) is 16.9 Å². The highest BCUT2D eigenvalue weighted by Gasteiger charge is 2.36. The number of ether oxygens (including phenoxy) is 3. The highest BCUT2D eigenvalue weighted by Crippen LogP contribution is 2.35. The summed E-state index contributed by atoms with van der Waals surface area (Å²) in [5.41, 5.74) is 5.57. The second kappa shape index (κ2) is 10.1. The maximum absolute atomic E-state index is 5.85. The third-order valence-corrected chi connectivity index (χ3v) is 7.84. The van der Waals surface area contributed by atoms with Crippen LogP contribution < -0.4 is 25.0 Å². The molecule has 3 aliphatic rings. The zero-order valence-electron chi connectivity index (χ0n) is 22.9. The molecular formula is C29H34N8O3. The molecule has 11 heteroatoms. The maximum atomic E-state index is 5.85. The minimum Gasteiger partial charge on any atom is -0.495 e. The molecule has 2 N–H and O–H groups in total. The summed E-state index contributed by atoms with van der Waals surface area (Å²) in [6.07, 6.45) is 7.44. The Morgan fingerprint density at radius 3 is 2.80 bits per heavy atom. The Kier molecular flexibility index (Phi) is 6.32. The molecule has 208 valence electrons. The molecule has 1 aromatic carbocycles. The number of methoxy groups -OCH3 is 1. The number of anilines is 4. The molecule has 11 nitrogen and oxygen atoms in total. The van der Waals surface area contributed by atoms with Gasteiger partial charge in [0.05, 0.1) is 37.4 Å². The van der Waals surface area contributed by atoms with Crippen molar-refractivity contribution < 1.29 is 14.2 Å². The summed E-state index contributed by atoms with van der Waals surface area (Å²) in [5.74, 6) is 2.10. The van der Waals surface area contributed by atoms with Gasteiger partial charge in [0.1, 0.15) is 12.4 Å². The highest BCUT2D eigenvalue weighted by atomic mass is 16.5. The standard InChI is InChI=1S/C29H34N8O3/c1-29(18-39-19-29)17-35-8-10-36(11-9-35)24-4-3-21(14-25(24)38-2)33-26-27-31-5-7-37(27)16-23(34-26)20-13-22-28(32-15-20)40-12-6-30-22/h3-5,7,13-16,30H,6,8-12,17-19H2,1-2H3,(H,33,34). The normalized spacial score (nSPS) is 18.4. The Morgan fingerprint density at radius 2 is 2.00 bits per heavy atom. The van der Waals surface area contributed by atoms with Gasteiger partial charge in [-0.2, -0.15) is 0 Å². The number of benzene rings is 1. The number of rotatable bonds is 7. The van der Waals surface area contributed by atoms with Gasteiger partial charge in [-0.3, -0.25) is 4.90 Å². The van der Waals surface area contributed by atoms with Gasteiger partial charge >= 0.3 is 0 Å². The van der Waals surface area contributed by atoms with Gasteiger partial charge in [-0.1, -0.05) is 6.92 Å². The molecule has 2 saturated heterocycles. The summed E-state index contributed by atoms with van der Waals surface area (Å²) < 4.78 is 18.9. The minimum absolute atomic E-state index is 0.306. The van der Waals surface area contributed by atoms with Gasteiger partial charge in [0.15, 0.2) is 11.5 Å². The fourth-order valence-corrected chi connectivity index (χ4v) is 5.70. The highest BCUT2D eigenvalue weighted by molar-refractivity contribution is 5.77. The SMILES string of the molecule is COc1cc(Nc2nc(-c3cnc4c(c3)NCCO4)cn3ccnc23)ccc1N1CCN(CC2(C)COC2)CC1. The molecule has 0 atom stereocenters. The molecule has 2 fully saturated rings. The first-order valence-electron chi connectivity index (χ1n) is 13.8. The average molecular weight is 543 g/mol. The fourth-order valence-electron chi connectivity index (χ4n) is 5.70. The summed E-state index contributed by atoms with van der Waals surface area (Å²) >= 11 is 0. The van der Waals surface area contributed by atoms with Crippen molar-refractivity contribution in [2.24, 2.45) is 5.41 Å². The topological polar surface area (TPSA) is 101 Å². The van der Waals surface area contributed by atoms with E-state index in [0.717, 1.165) is 92.2 Å². The predicted molar refractivity (Wildman–Crippen MR) is 154 cm³/mol. The van der Waals surface area contributed by atoms with Crippen molar-refractivity contribution in [3.8, 4) is 22.9 Å². The Hall–Kier alpha value is -4.09. The molecule has 0 bridgehead atoms. The summed E-state index contributed by atoms with van der Waals surface area (Å²) in [5, 5.41) is 6.83. The van der Waals surface area contributed by atoms with Crippen LogP contribution in [-0.2, 0) is 4.74 Å². The van der Waals surface area contributed by atoms with Crippen molar-refractivity contribution >= 4 is 28.5 Å². The number of piperazine rings is 1. The van der Waals surface area contributed by atoms with Crippen molar-refractivity contribution in [3.63, 3.8) is 0 Å². The van der Waals surface area contributed by atoms with Gasteiger partial charge in [0.2, 0.25) is 5.88 Å². The molecule has 3 aromatic heterocycles. The van der Waals surface area contributed by atoms with Gasteiger partial charge in [-0.05, 0) is 18.2 Å². The fraction of sp³-hybridized carbons (Fsp3) is 0.414. The summed E-state index contributed by atoms with van der Waals surface area (Å²) in [7, 11) is 1.73. The van der Waals surface area contributed by atoms with Gasteiger partial charge in [-0.25, -0.2) is 15.0 Å². The van der Waals surface area contributed by atoms with E-state index < -0.39 is 0 Å². The number of hydrogen-bond donors (Lipinski definition) is 2. The van der Waals surface area contributed by atoms with Crippen molar-refractivity contribution in [2.75, 3.05) is 81.7 Å². The first-order valence-corrected chi connectivity index (χ1v) is 13.8. The lowest BCUT2D eigenvalue weighted by Gasteiger charge is -2.44. The van der Waals surface area contributed by atoms with Crippen molar-refractivity contribution in [1.82, 2.24) is 24.3 Å². The van der Waals surface area contributed by atoms with Crippen LogP contribution >= 0.6 is 0 Å². The number of fused-ring (bicyclic) bond motifs is 2. The second-order valence-corrected chi connectivity index (χ2v) is 11.1. The third-order valence-electron chi connectivity index (χ3n) is 7.84. The Bertz CT molecular complexity index is 1530. The second-order valence-electron chi connectivity index (χ2n) is 11.1. The van der Waals surface area contributed by atoms with Crippen molar-refractivity contribution in [1.29, 1.82) is 0 Å². The average Bonchev–Trinajstić information content (AvgIpc) is 3.46. The van der Waals surface area contributed by atoms with E-state index in [-0.39, 0.29) is 0 Å². The van der Waals surface area contributed by atoms with Crippen LogP contribution in [0, 0.1) is 5.41 Å². The van der Waals surface area contributed by atoms with Gasteiger partial charge in [0.25, 0.3) is 0 Å². The summed E-state index contributed by atoms with van der Waals surface area (Å²) in [6.45, 7) is 10.5.